The van der Waals surface area contributed by atoms with E-state index in [9.17, 15) is 4.79 Å². The normalized spacial score (nSPS) is 15.1. The van der Waals surface area contributed by atoms with Gasteiger partial charge in [-0.1, -0.05) is 92.2 Å². The molecular formula is C31H33N3O. The number of rotatable bonds is 7. The van der Waals surface area contributed by atoms with Crippen molar-refractivity contribution in [2.45, 2.75) is 45.2 Å². The summed E-state index contributed by atoms with van der Waals surface area (Å²) < 4.78 is 0. The van der Waals surface area contributed by atoms with Gasteiger partial charge in [-0.15, -0.1) is 0 Å². The second kappa shape index (κ2) is 10.8. The summed E-state index contributed by atoms with van der Waals surface area (Å²) >= 11 is 0. The molecule has 4 heteroatoms. The fourth-order valence-corrected chi connectivity index (χ4v) is 5.18. The molecule has 1 atom stereocenters. The highest BCUT2D eigenvalue weighted by atomic mass is 16.1. The molecule has 0 aliphatic carbocycles. The number of piperidine rings is 1. The lowest BCUT2D eigenvalue weighted by Gasteiger charge is -2.29. The monoisotopic (exact) mass is 463 g/mol. The van der Waals surface area contributed by atoms with Crippen molar-refractivity contribution < 1.29 is 4.79 Å². The van der Waals surface area contributed by atoms with Gasteiger partial charge in [-0.05, 0) is 44.0 Å². The van der Waals surface area contributed by atoms with Crippen molar-refractivity contribution in [3.8, 4) is 11.3 Å². The van der Waals surface area contributed by atoms with E-state index in [1.807, 2.05) is 60.7 Å². The number of carbonyl (C=O) groups excluding carboxylic acids is 1. The third kappa shape index (κ3) is 5.13. The molecule has 1 fully saturated rings. The first kappa shape index (κ1) is 23.3. The van der Waals surface area contributed by atoms with Gasteiger partial charge < -0.3 is 5.32 Å². The van der Waals surface area contributed by atoms with E-state index in [1.54, 1.807) is 0 Å². The maximum absolute atomic E-state index is 14.1. The first-order valence-electron chi connectivity index (χ1n) is 12.8. The van der Waals surface area contributed by atoms with E-state index in [2.05, 4.69) is 41.4 Å². The molecule has 1 aliphatic heterocycles. The predicted molar refractivity (Wildman–Crippen MR) is 143 cm³/mol. The average Bonchev–Trinajstić information content (AvgIpc) is 2.92. The number of pyridine rings is 1. The Kier molecular flexibility index (Phi) is 7.20. The summed E-state index contributed by atoms with van der Waals surface area (Å²) in [4.78, 5) is 21.7. The van der Waals surface area contributed by atoms with Crippen molar-refractivity contribution in [1.29, 1.82) is 0 Å². The van der Waals surface area contributed by atoms with Crippen LogP contribution in [0.3, 0.4) is 0 Å². The van der Waals surface area contributed by atoms with Crippen molar-refractivity contribution in [3.63, 3.8) is 0 Å². The van der Waals surface area contributed by atoms with E-state index in [-0.39, 0.29) is 11.9 Å². The van der Waals surface area contributed by atoms with Crippen LogP contribution in [0.2, 0.25) is 0 Å². The SMILES string of the molecule is CCC(NC(=O)c1c(CN2CCCCC2)c(-c2ccccc2)nc2ccccc12)c1ccccc1. The number of fused-ring (bicyclic) bond motifs is 1. The molecule has 4 aromatic rings. The number of aromatic nitrogens is 1. The minimum absolute atomic E-state index is 0.0245. The first-order valence-corrected chi connectivity index (χ1v) is 12.8. The fraction of sp³-hybridized carbons (Fsp3) is 0.290. The van der Waals surface area contributed by atoms with Gasteiger partial charge in [0.05, 0.1) is 22.8 Å². The smallest absolute Gasteiger partial charge is 0.252 e. The number of hydrogen-bond acceptors (Lipinski definition) is 3. The average molecular weight is 464 g/mol. The Bertz CT molecular complexity index is 1280. The molecule has 5 rings (SSSR count). The highest BCUT2D eigenvalue weighted by Crippen LogP contribution is 2.32. The van der Waals surface area contributed by atoms with Gasteiger partial charge in [0.2, 0.25) is 0 Å². The predicted octanol–water partition coefficient (Wildman–Crippen LogP) is 6.77. The molecule has 35 heavy (non-hydrogen) atoms. The van der Waals surface area contributed by atoms with E-state index in [0.29, 0.717) is 0 Å². The van der Waals surface area contributed by atoms with E-state index >= 15 is 0 Å². The van der Waals surface area contributed by atoms with Crippen molar-refractivity contribution >= 4 is 16.8 Å². The number of amides is 1. The lowest BCUT2D eigenvalue weighted by Crippen LogP contribution is -2.33. The third-order valence-corrected chi connectivity index (χ3v) is 7.01. The molecule has 1 aromatic heterocycles. The molecule has 1 amide bonds. The van der Waals surface area contributed by atoms with E-state index in [4.69, 9.17) is 4.98 Å². The maximum atomic E-state index is 14.1. The van der Waals surface area contributed by atoms with Gasteiger partial charge in [-0.25, -0.2) is 4.98 Å². The lowest BCUT2D eigenvalue weighted by atomic mass is 9.94. The summed E-state index contributed by atoms with van der Waals surface area (Å²) in [6.45, 7) is 4.97. The second-order valence-electron chi connectivity index (χ2n) is 9.38. The van der Waals surface area contributed by atoms with Crippen molar-refractivity contribution in [2.75, 3.05) is 13.1 Å². The standard InChI is InChI=1S/C31H33N3O/c1-2-27(23-14-6-3-7-15-23)33-31(35)29-25-18-10-11-19-28(25)32-30(24-16-8-4-9-17-24)26(29)22-34-20-12-5-13-21-34/h3-4,6-11,14-19,27H,2,5,12-13,20-22H2,1H3,(H,33,35). The minimum atomic E-state index is -0.0429. The molecule has 2 heterocycles. The summed E-state index contributed by atoms with van der Waals surface area (Å²) in [5.74, 6) is -0.0245. The third-order valence-electron chi connectivity index (χ3n) is 7.01. The van der Waals surface area contributed by atoms with Crippen LogP contribution in [0.25, 0.3) is 22.2 Å². The Labute approximate surface area is 208 Å². The Hall–Kier alpha value is -3.50. The topological polar surface area (TPSA) is 45.2 Å². The van der Waals surface area contributed by atoms with Crippen molar-refractivity contribution in [1.82, 2.24) is 15.2 Å². The zero-order valence-electron chi connectivity index (χ0n) is 20.4. The summed E-state index contributed by atoms with van der Waals surface area (Å²) in [6.07, 6.45) is 4.51. The lowest BCUT2D eigenvalue weighted by molar-refractivity contribution is 0.0934. The van der Waals surface area contributed by atoms with Gasteiger partial charge in [0, 0.05) is 23.1 Å². The molecule has 178 valence electrons. The van der Waals surface area contributed by atoms with Gasteiger partial charge >= 0.3 is 0 Å². The van der Waals surface area contributed by atoms with E-state index < -0.39 is 0 Å². The minimum Gasteiger partial charge on any atom is -0.345 e. The van der Waals surface area contributed by atoms with Crippen LogP contribution in [0.5, 0.6) is 0 Å². The van der Waals surface area contributed by atoms with Crippen LogP contribution in [-0.2, 0) is 6.54 Å². The highest BCUT2D eigenvalue weighted by Gasteiger charge is 2.25. The largest absolute Gasteiger partial charge is 0.345 e. The molecule has 1 N–H and O–H groups in total. The molecule has 0 radical (unpaired) electrons. The molecule has 3 aromatic carbocycles. The zero-order chi connectivity index (χ0) is 24.0. The highest BCUT2D eigenvalue weighted by molar-refractivity contribution is 6.09. The number of benzene rings is 3. The van der Waals surface area contributed by atoms with Gasteiger partial charge in [-0.3, -0.25) is 9.69 Å². The van der Waals surface area contributed by atoms with Crippen LogP contribution in [0, 0.1) is 0 Å². The van der Waals surface area contributed by atoms with Gasteiger partial charge in [-0.2, -0.15) is 0 Å². The fourth-order valence-electron chi connectivity index (χ4n) is 5.18. The Morgan fingerprint density at radius 1 is 0.886 bits per heavy atom. The Morgan fingerprint density at radius 2 is 1.54 bits per heavy atom. The summed E-state index contributed by atoms with van der Waals surface area (Å²) in [5, 5.41) is 4.28. The summed E-state index contributed by atoms with van der Waals surface area (Å²) in [7, 11) is 0. The van der Waals surface area contributed by atoms with E-state index in [0.717, 1.165) is 64.9 Å². The number of carbonyl (C=O) groups is 1. The molecule has 1 saturated heterocycles. The second-order valence-corrected chi connectivity index (χ2v) is 9.38. The molecular weight excluding hydrogens is 430 g/mol. The van der Waals surface area contributed by atoms with Gasteiger partial charge in [0.1, 0.15) is 0 Å². The van der Waals surface area contributed by atoms with Crippen LogP contribution >= 0.6 is 0 Å². The summed E-state index contributed by atoms with van der Waals surface area (Å²) in [5.41, 5.74) is 5.73. The van der Waals surface area contributed by atoms with Crippen molar-refractivity contribution in [2.24, 2.45) is 0 Å². The molecule has 0 saturated carbocycles. The van der Waals surface area contributed by atoms with Crippen LogP contribution in [0.4, 0.5) is 0 Å². The van der Waals surface area contributed by atoms with Gasteiger partial charge in [0.15, 0.2) is 0 Å². The number of nitrogens with one attached hydrogen (secondary N) is 1. The van der Waals surface area contributed by atoms with Crippen LogP contribution in [0.15, 0.2) is 84.9 Å². The van der Waals surface area contributed by atoms with Crippen molar-refractivity contribution in [3.05, 3.63) is 102 Å². The Morgan fingerprint density at radius 3 is 2.26 bits per heavy atom. The quantitative estimate of drug-likeness (QED) is 0.329. The van der Waals surface area contributed by atoms with Crippen LogP contribution in [-0.4, -0.2) is 28.9 Å². The maximum Gasteiger partial charge on any atom is 0.252 e. The van der Waals surface area contributed by atoms with Crippen LogP contribution < -0.4 is 5.32 Å². The summed E-state index contributed by atoms with van der Waals surface area (Å²) in [6, 6.07) is 28.5. The molecule has 1 unspecified atom stereocenters. The molecule has 0 bridgehead atoms. The molecule has 4 nitrogen and oxygen atoms in total. The number of likely N-dealkylation sites (tertiary alicyclic amines) is 1. The van der Waals surface area contributed by atoms with Crippen LogP contribution in [0.1, 0.15) is 60.1 Å². The Balaban J connectivity index is 1.65. The molecule has 1 aliphatic rings. The molecule has 0 spiro atoms. The van der Waals surface area contributed by atoms with E-state index in [1.165, 1.54) is 19.3 Å². The number of nitrogens with zero attached hydrogens (tertiary/aromatic N) is 2. The van der Waals surface area contributed by atoms with Gasteiger partial charge in [0.25, 0.3) is 5.91 Å². The number of para-hydroxylation sites is 1. The first-order chi connectivity index (χ1) is 17.2. The zero-order valence-corrected chi connectivity index (χ0v) is 20.4. The number of hydrogen-bond donors (Lipinski definition) is 1.